The van der Waals surface area contributed by atoms with Gasteiger partial charge in [0.1, 0.15) is 0 Å². The molecule has 0 radical (unpaired) electrons. The lowest BCUT2D eigenvalue weighted by molar-refractivity contribution is -0.137. The Morgan fingerprint density at radius 2 is 2.10 bits per heavy atom. The summed E-state index contributed by atoms with van der Waals surface area (Å²) >= 11 is 1.95. The van der Waals surface area contributed by atoms with Crippen molar-refractivity contribution >= 4 is 34.8 Å². The van der Waals surface area contributed by atoms with Gasteiger partial charge in [-0.05, 0) is 47.7 Å². The summed E-state index contributed by atoms with van der Waals surface area (Å²) in [4.78, 5) is 3.95. The molecule has 0 fully saturated rings. The van der Waals surface area contributed by atoms with Crippen LogP contribution >= 0.6 is 22.6 Å². The van der Waals surface area contributed by atoms with Crippen molar-refractivity contribution in [1.82, 2.24) is 9.66 Å². The second-order valence-corrected chi connectivity index (χ2v) is 5.23. The van der Waals surface area contributed by atoms with E-state index in [1.807, 2.05) is 22.6 Å². The molecule has 0 aliphatic rings. The van der Waals surface area contributed by atoms with Crippen LogP contribution in [-0.2, 0) is 6.18 Å². The lowest BCUT2D eigenvalue weighted by Gasteiger charge is -2.08. The van der Waals surface area contributed by atoms with Crippen molar-refractivity contribution in [3.63, 3.8) is 0 Å². The van der Waals surface area contributed by atoms with Crippen molar-refractivity contribution in [2.24, 2.45) is 5.10 Å². The zero-order valence-corrected chi connectivity index (χ0v) is 12.5. The Hall–Kier alpha value is -1.58. The van der Waals surface area contributed by atoms with Gasteiger partial charge in [-0.25, -0.2) is 9.66 Å². The Balaban J connectivity index is 2.36. The predicted octanol–water partition coefficient (Wildman–Crippen LogP) is 3.28. The number of benzene rings is 1. The van der Waals surface area contributed by atoms with Gasteiger partial charge in [-0.2, -0.15) is 18.3 Å². The Kier molecular flexibility index (Phi) is 4.02. The number of nitrogens with two attached hydrogens (primary N) is 1. The number of imidazole rings is 1. The van der Waals surface area contributed by atoms with Gasteiger partial charge in [0.25, 0.3) is 0 Å². The van der Waals surface area contributed by atoms with Gasteiger partial charge >= 0.3 is 6.18 Å². The van der Waals surface area contributed by atoms with Crippen LogP contribution in [0.25, 0.3) is 0 Å². The first kappa shape index (κ1) is 14.8. The van der Waals surface area contributed by atoms with E-state index in [4.69, 9.17) is 5.73 Å². The Morgan fingerprint density at radius 1 is 1.40 bits per heavy atom. The largest absolute Gasteiger partial charge is 0.416 e. The Labute approximate surface area is 126 Å². The second kappa shape index (κ2) is 5.43. The van der Waals surface area contributed by atoms with Crippen molar-refractivity contribution in [2.45, 2.75) is 13.1 Å². The minimum atomic E-state index is -4.38. The normalized spacial score (nSPS) is 12.2. The number of halogens is 4. The zero-order valence-electron chi connectivity index (χ0n) is 10.3. The molecule has 0 atom stereocenters. The third-order valence-electron chi connectivity index (χ3n) is 2.48. The Bertz CT molecular complexity index is 661. The first-order valence-corrected chi connectivity index (χ1v) is 6.58. The summed E-state index contributed by atoms with van der Waals surface area (Å²) in [6.45, 7) is 1.75. The first-order valence-electron chi connectivity index (χ1n) is 5.50. The SMILES string of the molecule is Cc1cn(N=Cc2cc(C(F)(F)F)ccc2I)c(N)n1. The fourth-order valence-electron chi connectivity index (χ4n) is 1.54. The molecule has 0 aliphatic carbocycles. The van der Waals surface area contributed by atoms with Gasteiger partial charge < -0.3 is 5.73 Å². The van der Waals surface area contributed by atoms with Gasteiger partial charge in [0.05, 0.1) is 23.7 Å². The molecule has 0 amide bonds. The summed E-state index contributed by atoms with van der Waals surface area (Å²) in [5.41, 5.74) is 5.93. The van der Waals surface area contributed by atoms with E-state index in [0.29, 0.717) is 14.8 Å². The molecule has 2 rings (SSSR count). The molecule has 0 saturated carbocycles. The standard InChI is InChI=1S/C12H10F3IN4/c1-7-6-20(11(17)19-7)18-5-8-4-9(12(13,14)15)2-3-10(8)16/h2-6H,1H3,(H2,17,19). The highest BCUT2D eigenvalue weighted by atomic mass is 127. The average molecular weight is 394 g/mol. The summed E-state index contributed by atoms with van der Waals surface area (Å²) in [5, 5.41) is 4.01. The quantitative estimate of drug-likeness (QED) is 0.628. The molecule has 1 aromatic heterocycles. The highest BCUT2D eigenvalue weighted by Gasteiger charge is 2.30. The fraction of sp³-hybridized carbons (Fsp3) is 0.167. The van der Waals surface area contributed by atoms with Gasteiger partial charge in [0.2, 0.25) is 5.95 Å². The van der Waals surface area contributed by atoms with Crippen LogP contribution in [0.2, 0.25) is 0 Å². The van der Waals surface area contributed by atoms with Crippen LogP contribution in [0.15, 0.2) is 29.5 Å². The number of nitrogens with zero attached hydrogens (tertiary/aromatic N) is 3. The molecule has 20 heavy (non-hydrogen) atoms. The van der Waals surface area contributed by atoms with Crippen molar-refractivity contribution in [3.05, 3.63) is 44.8 Å². The van der Waals surface area contributed by atoms with E-state index in [0.717, 1.165) is 12.1 Å². The van der Waals surface area contributed by atoms with E-state index in [1.54, 1.807) is 13.1 Å². The smallest absolute Gasteiger partial charge is 0.368 e. The van der Waals surface area contributed by atoms with Crippen molar-refractivity contribution < 1.29 is 13.2 Å². The van der Waals surface area contributed by atoms with Gasteiger partial charge in [-0.15, -0.1) is 0 Å². The van der Waals surface area contributed by atoms with E-state index in [9.17, 15) is 13.2 Å². The molecule has 0 saturated heterocycles. The molecule has 4 nitrogen and oxygen atoms in total. The zero-order chi connectivity index (χ0) is 14.9. The van der Waals surface area contributed by atoms with Crippen LogP contribution < -0.4 is 5.73 Å². The lowest BCUT2D eigenvalue weighted by Crippen LogP contribution is -2.06. The second-order valence-electron chi connectivity index (χ2n) is 4.06. The first-order chi connectivity index (χ1) is 9.27. The summed E-state index contributed by atoms with van der Waals surface area (Å²) in [6.07, 6.45) is -1.46. The number of anilines is 1. The number of hydrogen-bond acceptors (Lipinski definition) is 3. The number of alkyl halides is 3. The highest BCUT2D eigenvalue weighted by Crippen LogP contribution is 2.30. The molecule has 1 aromatic carbocycles. The average Bonchev–Trinajstić information content (AvgIpc) is 2.65. The number of aromatic nitrogens is 2. The summed E-state index contributed by atoms with van der Waals surface area (Å²) in [5.74, 6) is 0.181. The molecule has 0 unspecified atom stereocenters. The van der Waals surface area contributed by atoms with Crippen LogP contribution in [0, 0.1) is 10.5 Å². The van der Waals surface area contributed by atoms with Crippen LogP contribution in [-0.4, -0.2) is 15.9 Å². The van der Waals surface area contributed by atoms with Crippen LogP contribution in [0.5, 0.6) is 0 Å². The summed E-state index contributed by atoms with van der Waals surface area (Å²) in [7, 11) is 0. The van der Waals surface area contributed by atoms with E-state index in [1.165, 1.54) is 17.0 Å². The molecule has 2 N–H and O–H groups in total. The molecular weight excluding hydrogens is 384 g/mol. The number of nitrogen functional groups attached to an aromatic ring is 1. The number of hydrogen-bond donors (Lipinski definition) is 1. The minimum Gasteiger partial charge on any atom is -0.368 e. The molecular formula is C12H10F3IN4. The maximum Gasteiger partial charge on any atom is 0.416 e. The van der Waals surface area contributed by atoms with E-state index < -0.39 is 11.7 Å². The number of rotatable bonds is 2. The maximum absolute atomic E-state index is 12.6. The van der Waals surface area contributed by atoms with Crippen molar-refractivity contribution in [3.8, 4) is 0 Å². The van der Waals surface area contributed by atoms with Crippen LogP contribution in [0.4, 0.5) is 19.1 Å². The van der Waals surface area contributed by atoms with Crippen molar-refractivity contribution in [2.75, 3.05) is 5.73 Å². The van der Waals surface area contributed by atoms with Crippen LogP contribution in [0.1, 0.15) is 16.8 Å². The van der Waals surface area contributed by atoms with E-state index >= 15 is 0 Å². The van der Waals surface area contributed by atoms with Gasteiger partial charge in [-0.3, -0.25) is 0 Å². The van der Waals surface area contributed by atoms with Gasteiger partial charge in [-0.1, -0.05) is 0 Å². The van der Waals surface area contributed by atoms with E-state index in [2.05, 4.69) is 10.1 Å². The fourth-order valence-corrected chi connectivity index (χ4v) is 2.01. The summed E-state index contributed by atoms with van der Waals surface area (Å²) < 4.78 is 39.9. The van der Waals surface area contributed by atoms with Gasteiger partial charge in [0, 0.05) is 9.13 Å². The van der Waals surface area contributed by atoms with Gasteiger partial charge in [0.15, 0.2) is 0 Å². The molecule has 106 valence electrons. The monoisotopic (exact) mass is 394 g/mol. The third kappa shape index (κ3) is 3.30. The molecule has 8 heteroatoms. The highest BCUT2D eigenvalue weighted by molar-refractivity contribution is 14.1. The van der Waals surface area contributed by atoms with Crippen molar-refractivity contribution in [1.29, 1.82) is 0 Å². The number of aryl methyl sites for hydroxylation is 1. The molecule has 2 aromatic rings. The molecule has 0 bridgehead atoms. The minimum absolute atomic E-state index is 0.181. The predicted molar refractivity (Wildman–Crippen MR) is 78.5 cm³/mol. The maximum atomic E-state index is 12.6. The van der Waals surface area contributed by atoms with E-state index in [-0.39, 0.29) is 5.95 Å². The third-order valence-corrected chi connectivity index (χ3v) is 3.46. The lowest BCUT2D eigenvalue weighted by atomic mass is 10.1. The summed E-state index contributed by atoms with van der Waals surface area (Å²) in [6, 6.07) is 3.48. The molecule has 0 spiro atoms. The Morgan fingerprint density at radius 3 is 2.65 bits per heavy atom. The molecule has 0 aliphatic heterocycles. The molecule has 1 heterocycles. The van der Waals surface area contributed by atoms with Crippen LogP contribution in [0.3, 0.4) is 0 Å². The topological polar surface area (TPSA) is 56.2 Å².